The molecule has 7 nitrogen and oxygen atoms in total. The minimum atomic E-state index is -0.0349. The van der Waals surface area contributed by atoms with E-state index in [1.807, 2.05) is 53.4 Å². The topological polar surface area (TPSA) is 71.1 Å². The van der Waals surface area contributed by atoms with Crippen molar-refractivity contribution in [1.29, 1.82) is 0 Å². The highest BCUT2D eigenvalue weighted by Crippen LogP contribution is 2.29. The SMILES string of the molecule is COc1cc(/C=C/C(=O)N2CCN(CC(=O)NCc3ccccc3)CC2)ccc1OCC(C)C. The highest BCUT2D eigenvalue weighted by Gasteiger charge is 2.21. The van der Waals surface area contributed by atoms with Crippen molar-refractivity contribution in [2.75, 3.05) is 46.4 Å². The second-order valence-electron chi connectivity index (χ2n) is 8.81. The van der Waals surface area contributed by atoms with E-state index in [1.54, 1.807) is 19.3 Å². The Bertz CT molecular complexity index is 967. The van der Waals surface area contributed by atoms with Crippen LogP contribution in [0, 0.1) is 5.92 Å². The van der Waals surface area contributed by atoms with E-state index in [1.165, 1.54) is 0 Å². The standard InChI is InChI=1S/C27H35N3O4/c1-21(2)20-34-24-11-9-22(17-25(24)33-3)10-12-27(32)30-15-13-29(14-16-30)19-26(31)28-18-23-7-5-4-6-8-23/h4-12,17,21H,13-16,18-20H2,1-3H3,(H,28,31)/b12-10+. The molecule has 1 aliphatic heterocycles. The Morgan fingerprint density at radius 1 is 1.03 bits per heavy atom. The molecule has 34 heavy (non-hydrogen) atoms. The number of carbonyl (C=O) groups is 2. The fourth-order valence-corrected chi connectivity index (χ4v) is 3.62. The van der Waals surface area contributed by atoms with Crippen LogP contribution in [-0.2, 0) is 16.1 Å². The molecule has 0 radical (unpaired) electrons. The fourth-order valence-electron chi connectivity index (χ4n) is 3.62. The van der Waals surface area contributed by atoms with E-state index in [0.29, 0.717) is 63.3 Å². The van der Waals surface area contributed by atoms with Gasteiger partial charge in [-0.15, -0.1) is 0 Å². The number of nitrogens with one attached hydrogen (secondary N) is 1. The van der Waals surface area contributed by atoms with Crippen molar-refractivity contribution in [3.63, 3.8) is 0 Å². The van der Waals surface area contributed by atoms with Crippen LogP contribution in [0.2, 0.25) is 0 Å². The fraction of sp³-hybridized carbons (Fsp3) is 0.407. The molecular formula is C27H35N3O4. The van der Waals surface area contributed by atoms with Crippen LogP contribution in [0.5, 0.6) is 11.5 Å². The lowest BCUT2D eigenvalue weighted by Crippen LogP contribution is -2.50. The molecule has 0 unspecified atom stereocenters. The van der Waals surface area contributed by atoms with Crippen LogP contribution in [0.1, 0.15) is 25.0 Å². The molecular weight excluding hydrogens is 430 g/mol. The lowest BCUT2D eigenvalue weighted by molar-refractivity contribution is -0.128. The van der Waals surface area contributed by atoms with Crippen LogP contribution in [0.15, 0.2) is 54.6 Å². The summed E-state index contributed by atoms with van der Waals surface area (Å²) < 4.78 is 11.2. The van der Waals surface area contributed by atoms with E-state index in [4.69, 9.17) is 9.47 Å². The van der Waals surface area contributed by atoms with Crippen molar-refractivity contribution in [2.24, 2.45) is 5.92 Å². The molecule has 182 valence electrons. The highest BCUT2D eigenvalue weighted by atomic mass is 16.5. The van der Waals surface area contributed by atoms with Crippen LogP contribution in [0.25, 0.3) is 6.08 Å². The Hall–Kier alpha value is -3.32. The number of carbonyl (C=O) groups excluding carboxylic acids is 2. The normalized spacial score (nSPS) is 14.4. The first-order valence-corrected chi connectivity index (χ1v) is 11.8. The minimum Gasteiger partial charge on any atom is -0.493 e. The molecule has 3 rings (SSSR count). The quantitative estimate of drug-likeness (QED) is 0.546. The predicted octanol–water partition coefficient (Wildman–Crippen LogP) is 3.20. The van der Waals surface area contributed by atoms with Crippen molar-refractivity contribution < 1.29 is 19.1 Å². The largest absolute Gasteiger partial charge is 0.493 e. The molecule has 1 N–H and O–H groups in total. The van der Waals surface area contributed by atoms with E-state index < -0.39 is 0 Å². The summed E-state index contributed by atoms with van der Waals surface area (Å²) >= 11 is 0. The number of ether oxygens (including phenoxy) is 2. The molecule has 1 aliphatic rings. The number of nitrogens with zero attached hydrogens (tertiary/aromatic N) is 2. The van der Waals surface area contributed by atoms with Crippen molar-refractivity contribution >= 4 is 17.9 Å². The first-order chi connectivity index (χ1) is 16.4. The molecule has 7 heteroatoms. The summed E-state index contributed by atoms with van der Waals surface area (Å²) in [5.41, 5.74) is 1.95. The summed E-state index contributed by atoms with van der Waals surface area (Å²) in [6.45, 7) is 8.22. The van der Waals surface area contributed by atoms with Gasteiger partial charge < -0.3 is 19.7 Å². The van der Waals surface area contributed by atoms with Crippen molar-refractivity contribution in [2.45, 2.75) is 20.4 Å². The number of hydrogen-bond donors (Lipinski definition) is 1. The molecule has 0 bridgehead atoms. The maximum absolute atomic E-state index is 12.6. The average Bonchev–Trinajstić information content (AvgIpc) is 2.86. The Morgan fingerprint density at radius 3 is 2.44 bits per heavy atom. The molecule has 2 aromatic rings. The van der Waals surface area contributed by atoms with E-state index >= 15 is 0 Å². The summed E-state index contributed by atoms with van der Waals surface area (Å²) in [5, 5.41) is 2.95. The molecule has 0 aromatic heterocycles. The third kappa shape index (κ3) is 7.92. The molecule has 1 saturated heterocycles. The zero-order valence-electron chi connectivity index (χ0n) is 20.3. The van der Waals surface area contributed by atoms with Gasteiger partial charge in [0.15, 0.2) is 11.5 Å². The minimum absolute atomic E-state index is 0.00158. The zero-order valence-corrected chi connectivity index (χ0v) is 20.3. The Morgan fingerprint density at radius 2 is 1.76 bits per heavy atom. The molecule has 2 amide bonds. The van der Waals surface area contributed by atoms with Gasteiger partial charge in [-0.2, -0.15) is 0 Å². The summed E-state index contributed by atoms with van der Waals surface area (Å²) in [5.74, 6) is 1.73. The maximum Gasteiger partial charge on any atom is 0.246 e. The summed E-state index contributed by atoms with van der Waals surface area (Å²) in [6, 6.07) is 15.5. The van der Waals surface area contributed by atoms with Gasteiger partial charge in [0.1, 0.15) is 0 Å². The first-order valence-electron chi connectivity index (χ1n) is 11.8. The predicted molar refractivity (Wildman–Crippen MR) is 134 cm³/mol. The highest BCUT2D eigenvalue weighted by molar-refractivity contribution is 5.92. The lowest BCUT2D eigenvalue weighted by atomic mass is 10.1. The monoisotopic (exact) mass is 465 g/mol. The third-order valence-corrected chi connectivity index (χ3v) is 5.56. The summed E-state index contributed by atoms with van der Waals surface area (Å²) in [7, 11) is 1.61. The van der Waals surface area contributed by atoms with Gasteiger partial charge in [-0.3, -0.25) is 14.5 Å². The second kappa shape index (κ2) is 12.8. The van der Waals surface area contributed by atoms with Crippen LogP contribution >= 0.6 is 0 Å². The molecule has 2 aromatic carbocycles. The Balaban J connectivity index is 1.43. The van der Waals surface area contributed by atoms with Crippen molar-refractivity contribution in [3.05, 3.63) is 65.7 Å². The van der Waals surface area contributed by atoms with Gasteiger partial charge in [0, 0.05) is 38.8 Å². The number of benzene rings is 2. The second-order valence-corrected chi connectivity index (χ2v) is 8.81. The van der Waals surface area contributed by atoms with Crippen LogP contribution in [-0.4, -0.2) is 68.1 Å². The summed E-state index contributed by atoms with van der Waals surface area (Å²) in [6.07, 6.45) is 3.38. The van der Waals surface area contributed by atoms with E-state index in [9.17, 15) is 9.59 Å². The third-order valence-electron chi connectivity index (χ3n) is 5.56. The van der Waals surface area contributed by atoms with Gasteiger partial charge in [-0.25, -0.2) is 0 Å². The van der Waals surface area contributed by atoms with Crippen molar-refractivity contribution in [3.8, 4) is 11.5 Å². The molecule has 0 atom stereocenters. The smallest absolute Gasteiger partial charge is 0.246 e. The Labute approximate surface area is 202 Å². The molecule has 1 heterocycles. The van der Waals surface area contributed by atoms with Gasteiger partial charge >= 0.3 is 0 Å². The molecule has 0 spiro atoms. The maximum atomic E-state index is 12.6. The molecule has 0 aliphatic carbocycles. The number of methoxy groups -OCH3 is 1. The van der Waals surface area contributed by atoms with E-state index in [0.717, 1.165) is 11.1 Å². The molecule has 0 saturated carbocycles. The van der Waals surface area contributed by atoms with Gasteiger partial charge in [0.25, 0.3) is 0 Å². The van der Waals surface area contributed by atoms with Crippen LogP contribution in [0.4, 0.5) is 0 Å². The lowest BCUT2D eigenvalue weighted by Gasteiger charge is -2.33. The molecule has 1 fully saturated rings. The van der Waals surface area contributed by atoms with Gasteiger partial charge in [0.2, 0.25) is 11.8 Å². The van der Waals surface area contributed by atoms with Crippen LogP contribution < -0.4 is 14.8 Å². The van der Waals surface area contributed by atoms with Gasteiger partial charge in [-0.1, -0.05) is 50.2 Å². The Kier molecular flexibility index (Phi) is 9.52. The van der Waals surface area contributed by atoms with Gasteiger partial charge in [-0.05, 0) is 35.3 Å². The summed E-state index contributed by atoms with van der Waals surface area (Å²) in [4.78, 5) is 28.8. The number of piperazine rings is 1. The van der Waals surface area contributed by atoms with Gasteiger partial charge in [0.05, 0.1) is 20.3 Å². The number of amides is 2. The van der Waals surface area contributed by atoms with Crippen molar-refractivity contribution in [1.82, 2.24) is 15.1 Å². The first kappa shape index (κ1) is 25.3. The number of rotatable bonds is 10. The van der Waals surface area contributed by atoms with Crippen LogP contribution in [0.3, 0.4) is 0 Å². The average molecular weight is 466 g/mol. The number of hydrogen-bond acceptors (Lipinski definition) is 5. The van der Waals surface area contributed by atoms with E-state index in [-0.39, 0.29) is 11.8 Å². The van der Waals surface area contributed by atoms with E-state index in [2.05, 4.69) is 24.1 Å². The zero-order chi connectivity index (χ0) is 24.3.